The van der Waals surface area contributed by atoms with Gasteiger partial charge in [0, 0.05) is 0 Å². The summed E-state index contributed by atoms with van der Waals surface area (Å²) in [5.74, 6) is -2.79. The fourth-order valence-electron chi connectivity index (χ4n) is 1.58. The number of rotatable bonds is 5. The Bertz CT molecular complexity index is 592. The first kappa shape index (κ1) is 16.2. The number of methoxy groups -OCH3 is 1. The molecule has 0 saturated carbocycles. The molecule has 0 spiro atoms. The Morgan fingerprint density at radius 2 is 1.80 bits per heavy atom. The molecule has 0 heterocycles. The maximum Gasteiger partial charge on any atom is 0.318 e. The van der Waals surface area contributed by atoms with Gasteiger partial charge in [0.15, 0.2) is 0 Å². The van der Waals surface area contributed by atoms with E-state index in [9.17, 15) is 18.0 Å². The summed E-state index contributed by atoms with van der Waals surface area (Å²) in [5.41, 5.74) is 0.899. The number of esters is 1. The van der Waals surface area contributed by atoms with Crippen LogP contribution in [0.1, 0.15) is 18.9 Å². The van der Waals surface area contributed by atoms with Gasteiger partial charge in [0.05, 0.1) is 12.0 Å². The molecule has 0 saturated heterocycles. The third kappa shape index (κ3) is 3.80. The Kier molecular flexibility index (Phi) is 5.26. The van der Waals surface area contributed by atoms with Gasteiger partial charge < -0.3 is 4.74 Å². The standard InChI is InChI=1S/C13H17NO5S/c1-4-11(13(16)19-3)12(15)14-20(17,18)10-7-5-9(2)6-8-10/h5-8,11H,4H2,1-3H3,(H,14,15). The number of hydrogen-bond donors (Lipinski definition) is 1. The molecule has 20 heavy (non-hydrogen) atoms. The van der Waals surface area contributed by atoms with Crippen molar-refractivity contribution in [3.63, 3.8) is 0 Å². The van der Waals surface area contributed by atoms with Gasteiger partial charge in [0.25, 0.3) is 10.0 Å². The summed E-state index contributed by atoms with van der Waals surface area (Å²) in [5, 5.41) is 0. The molecule has 1 aromatic carbocycles. The molecule has 0 fully saturated rings. The van der Waals surface area contributed by atoms with E-state index in [1.165, 1.54) is 12.1 Å². The highest BCUT2D eigenvalue weighted by Crippen LogP contribution is 2.12. The molecular weight excluding hydrogens is 282 g/mol. The van der Waals surface area contributed by atoms with E-state index in [1.54, 1.807) is 19.1 Å². The van der Waals surface area contributed by atoms with Crippen molar-refractivity contribution in [3.05, 3.63) is 29.8 Å². The van der Waals surface area contributed by atoms with Gasteiger partial charge in [-0.2, -0.15) is 0 Å². The van der Waals surface area contributed by atoms with Crippen LogP contribution in [0.25, 0.3) is 0 Å². The zero-order valence-corrected chi connectivity index (χ0v) is 12.4. The molecule has 0 aliphatic carbocycles. The van der Waals surface area contributed by atoms with Crippen molar-refractivity contribution in [1.82, 2.24) is 4.72 Å². The van der Waals surface area contributed by atoms with Crippen LogP contribution in [0.4, 0.5) is 0 Å². The molecule has 0 bridgehead atoms. The summed E-state index contributed by atoms with van der Waals surface area (Å²) >= 11 is 0. The number of hydrogen-bond acceptors (Lipinski definition) is 5. The zero-order chi connectivity index (χ0) is 15.3. The molecule has 1 rings (SSSR count). The van der Waals surface area contributed by atoms with Crippen molar-refractivity contribution >= 4 is 21.9 Å². The highest BCUT2D eigenvalue weighted by molar-refractivity contribution is 7.90. The molecule has 0 aliphatic rings. The number of aryl methyl sites for hydroxylation is 1. The van der Waals surface area contributed by atoms with Crippen LogP contribution >= 0.6 is 0 Å². The average molecular weight is 299 g/mol. The Morgan fingerprint density at radius 3 is 2.25 bits per heavy atom. The second-order valence-electron chi connectivity index (χ2n) is 4.27. The lowest BCUT2D eigenvalue weighted by Crippen LogP contribution is -2.39. The normalized spacial score (nSPS) is 12.6. The third-order valence-corrected chi connectivity index (χ3v) is 4.14. The first-order valence-electron chi connectivity index (χ1n) is 6.03. The van der Waals surface area contributed by atoms with Crippen molar-refractivity contribution in [1.29, 1.82) is 0 Å². The number of sulfonamides is 1. The van der Waals surface area contributed by atoms with Gasteiger partial charge in [0.1, 0.15) is 5.92 Å². The van der Waals surface area contributed by atoms with Crippen LogP contribution in [0.2, 0.25) is 0 Å². The highest BCUT2D eigenvalue weighted by Gasteiger charge is 2.29. The molecule has 110 valence electrons. The van der Waals surface area contributed by atoms with Gasteiger partial charge in [-0.05, 0) is 25.5 Å². The lowest BCUT2D eigenvalue weighted by Gasteiger charge is -2.13. The van der Waals surface area contributed by atoms with Crippen LogP contribution in [-0.2, 0) is 24.3 Å². The third-order valence-electron chi connectivity index (χ3n) is 2.78. The van der Waals surface area contributed by atoms with Crippen molar-refractivity contribution in [2.24, 2.45) is 5.92 Å². The molecular formula is C13H17NO5S. The van der Waals surface area contributed by atoms with Gasteiger partial charge in [0.2, 0.25) is 5.91 Å². The Morgan fingerprint density at radius 1 is 1.25 bits per heavy atom. The topological polar surface area (TPSA) is 89.5 Å². The largest absolute Gasteiger partial charge is 0.468 e. The average Bonchev–Trinajstić information content (AvgIpc) is 2.39. The van der Waals surface area contributed by atoms with E-state index in [0.29, 0.717) is 0 Å². The first-order chi connectivity index (χ1) is 9.31. The van der Waals surface area contributed by atoms with E-state index >= 15 is 0 Å². The van der Waals surface area contributed by atoms with E-state index in [-0.39, 0.29) is 11.3 Å². The van der Waals surface area contributed by atoms with Gasteiger partial charge in [-0.15, -0.1) is 0 Å². The van der Waals surface area contributed by atoms with Crippen LogP contribution in [0.15, 0.2) is 29.2 Å². The lowest BCUT2D eigenvalue weighted by molar-refractivity contribution is -0.149. The van der Waals surface area contributed by atoms with E-state index in [2.05, 4.69) is 4.74 Å². The summed E-state index contributed by atoms with van der Waals surface area (Å²) < 4.78 is 30.4. The number of carbonyl (C=O) groups is 2. The Balaban J connectivity index is 2.93. The number of ether oxygens (including phenoxy) is 1. The Hall–Kier alpha value is -1.89. The first-order valence-corrected chi connectivity index (χ1v) is 7.51. The summed E-state index contributed by atoms with van der Waals surface area (Å²) in [7, 11) is -2.83. The SMILES string of the molecule is CCC(C(=O)NS(=O)(=O)c1ccc(C)cc1)C(=O)OC. The molecule has 7 heteroatoms. The predicted molar refractivity (Wildman–Crippen MR) is 72.3 cm³/mol. The van der Waals surface area contributed by atoms with Gasteiger partial charge in [-0.3, -0.25) is 9.59 Å². The molecule has 1 amide bonds. The molecule has 0 aliphatic heterocycles. The van der Waals surface area contributed by atoms with Crippen LogP contribution < -0.4 is 4.72 Å². The monoisotopic (exact) mass is 299 g/mol. The van der Waals surface area contributed by atoms with Crippen molar-refractivity contribution in [2.45, 2.75) is 25.2 Å². The molecule has 6 nitrogen and oxygen atoms in total. The van der Waals surface area contributed by atoms with Crippen LogP contribution in [0, 0.1) is 12.8 Å². The second-order valence-corrected chi connectivity index (χ2v) is 5.95. The maximum absolute atomic E-state index is 12.0. The van der Waals surface area contributed by atoms with E-state index in [0.717, 1.165) is 12.7 Å². The quantitative estimate of drug-likeness (QED) is 0.647. The summed E-state index contributed by atoms with van der Waals surface area (Å²) in [6, 6.07) is 6.03. The number of nitrogens with one attached hydrogen (secondary N) is 1. The second kappa shape index (κ2) is 6.51. The summed E-state index contributed by atoms with van der Waals surface area (Å²) in [6.45, 7) is 3.42. The van der Waals surface area contributed by atoms with Crippen LogP contribution in [0.5, 0.6) is 0 Å². The lowest BCUT2D eigenvalue weighted by atomic mass is 10.1. The number of amides is 1. The van der Waals surface area contributed by atoms with Crippen LogP contribution in [-0.4, -0.2) is 27.4 Å². The fourth-order valence-corrected chi connectivity index (χ4v) is 2.60. The van der Waals surface area contributed by atoms with E-state index in [1.807, 2.05) is 11.6 Å². The summed E-state index contributed by atoms with van der Waals surface area (Å²) in [4.78, 5) is 23.2. The summed E-state index contributed by atoms with van der Waals surface area (Å²) in [6.07, 6.45) is 0.155. The van der Waals surface area contributed by atoms with Crippen molar-refractivity contribution in [2.75, 3.05) is 7.11 Å². The van der Waals surface area contributed by atoms with Gasteiger partial charge in [-0.1, -0.05) is 24.6 Å². The minimum Gasteiger partial charge on any atom is -0.468 e. The van der Waals surface area contributed by atoms with E-state index in [4.69, 9.17) is 0 Å². The highest BCUT2D eigenvalue weighted by atomic mass is 32.2. The zero-order valence-electron chi connectivity index (χ0n) is 11.5. The molecule has 0 radical (unpaired) electrons. The van der Waals surface area contributed by atoms with E-state index < -0.39 is 27.8 Å². The van der Waals surface area contributed by atoms with Gasteiger partial charge in [-0.25, -0.2) is 13.1 Å². The molecule has 1 atom stereocenters. The minimum atomic E-state index is -3.98. The van der Waals surface area contributed by atoms with Crippen molar-refractivity contribution < 1.29 is 22.7 Å². The maximum atomic E-state index is 12.0. The number of benzene rings is 1. The van der Waals surface area contributed by atoms with Crippen molar-refractivity contribution in [3.8, 4) is 0 Å². The Labute approximate surface area is 118 Å². The molecule has 0 aromatic heterocycles. The number of carbonyl (C=O) groups excluding carboxylic acids is 2. The predicted octanol–water partition coefficient (Wildman–Crippen LogP) is 0.999. The van der Waals surface area contributed by atoms with Crippen LogP contribution in [0.3, 0.4) is 0 Å². The minimum absolute atomic E-state index is 0.0313. The fraction of sp³-hybridized carbons (Fsp3) is 0.385. The molecule has 1 aromatic rings. The smallest absolute Gasteiger partial charge is 0.318 e. The van der Waals surface area contributed by atoms with Gasteiger partial charge >= 0.3 is 5.97 Å². The molecule has 1 N–H and O–H groups in total. The molecule has 1 unspecified atom stereocenters.